The van der Waals surface area contributed by atoms with E-state index in [1.54, 1.807) is 0 Å². The van der Waals surface area contributed by atoms with Gasteiger partial charge in [-0.2, -0.15) is 0 Å². The van der Waals surface area contributed by atoms with E-state index >= 15 is 0 Å². The Balaban J connectivity index is 2.96. The monoisotopic (exact) mass is 171 g/mol. The summed E-state index contributed by atoms with van der Waals surface area (Å²) in [7, 11) is 0. The molecule has 4 heteroatoms. The van der Waals surface area contributed by atoms with Gasteiger partial charge in [0.1, 0.15) is 0 Å². The quantitative estimate of drug-likeness (QED) is 0.607. The van der Waals surface area contributed by atoms with E-state index in [2.05, 4.69) is 0 Å². The minimum absolute atomic E-state index is 0.246. The average molecular weight is 171 g/mol. The van der Waals surface area contributed by atoms with Crippen LogP contribution in [0.25, 0.3) is 0 Å². The van der Waals surface area contributed by atoms with Gasteiger partial charge >= 0.3 is 0 Å². The van der Waals surface area contributed by atoms with Gasteiger partial charge in [-0.05, 0) is 17.7 Å². The maximum Gasteiger partial charge on any atom is 0.165 e. The summed E-state index contributed by atoms with van der Waals surface area (Å²) < 4.78 is 12.7. The molecule has 0 unspecified atom stereocenters. The van der Waals surface area contributed by atoms with Crippen LogP contribution in [0.5, 0.6) is 5.75 Å². The molecule has 0 fully saturated rings. The fraction of sp³-hybridized carbons (Fsp3) is 0.250. The van der Waals surface area contributed by atoms with Crippen molar-refractivity contribution in [2.75, 3.05) is 6.61 Å². The number of aromatic hydroxyl groups is 1. The SMILES string of the molecule is N[C@@H](CO)c1ccc(O)c(F)c1. The van der Waals surface area contributed by atoms with Gasteiger partial charge in [0.05, 0.1) is 12.6 Å². The summed E-state index contributed by atoms with van der Waals surface area (Å²) in [5.41, 5.74) is 5.88. The molecule has 0 radical (unpaired) electrons. The third-order valence-electron chi connectivity index (χ3n) is 1.60. The molecule has 0 heterocycles. The first-order valence-electron chi connectivity index (χ1n) is 3.50. The number of phenols is 1. The van der Waals surface area contributed by atoms with Gasteiger partial charge in [-0.15, -0.1) is 0 Å². The molecule has 12 heavy (non-hydrogen) atoms. The molecule has 4 N–H and O–H groups in total. The zero-order chi connectivity index (χ0) is 9.14. The highest BCUT2D eigenvalue weighted by molar-refractivity contribution is 5.29. The van der Waals surface area contributed by atoms with Crippen LogP contribution in [0.15, 0.2) is 18.2 Å². The normalized spacial score (nSPS) is 12.9. The van der Waals surface area contributed by atoms with Crippen molar-refractivity contribution < 1.29 is 14.6 Å². The van der Waals surface area contributed by atoms with Crippen LogP contribution in [0.3, 0.4) is 0 Å². The van der Waals surface area contributed by atoms with Gasteiger partial charge < -0.3 is 15.9 Å². The Bertz CT molecular complexity index is 278. The van der Waals surface area contributed by atoms with E-state index < -0.39 is 17.6 Å². The number of hydrogen-bond donors (Lipinski definition) is 3. The third-order valence-corrected chi connectivity index (χ3v) is 1.60. The molecule has 0 aromatic heterocycles. The van der Waals surface area contributed by atoms with Crippen molar-refractivity contribution in [2.24, 2.45) is 5.73 Å². The maximum atomic E-state index is 12.7. The van der Waals surface area contributed by atoms with Gasteiger partial charge in [0.15, 0.2) is 11.6 Å². The van der Waals surface area contributed by atoms with Crippen LogP contribution in [0.1, 0.15) is 11.6 Å². The van der Waals surface area contributed by atoms with Gasteiger partial charge in [-0.25, -0.2) is 4.39 Å². The van der Waals surface area contributed by atoms with E-state index in [4.69, 9.17) is 15.9 Å². The molecule has 0 spiro atoms. The summed E-state index contributed by atoms with van der Waals surface area (Å²) in [4.78, 5) is 0. The Kier molecular flexibility index (Phi) is 2.62. The van der Waals surface area contributed by atoms with E-state index in [-0.39, 0.29) is 6.61 Å². The largest absolute Gasteiger partial charge is 0.505 e. The number of aliphatic hydroxyl groups excluding tert-OH is 1. The Morgan fingerprint density at radius 3 is 2.67 bits per heavy atom. The molecular formula is C8H10FNO2. The third kappa shape index (κ3) is 1.72. The zero-order valence-corrected chi connectivity index (χ0v) is 6.37. The minimum Gasteiger partial charge on any atom is -0.505 e. The number of halogens is 1. The number of aliphatic hydroxyl groups is 1. The standard InChI is InChI=1S/C8H10FNO2/c9-6-3-5(7(10)4-11)1-2-8(6)12/h1-3,7,11-12H,4,10H2/t7-/m0/s1. The number of phenolic OH excluding ortho intramolecular Hbond substituents is 1. The van der Waals surface area contributed by atoms with Crippen molar-refractivity contribution in [1.82, 2.24) is 0 Å². The molecule has 3 nitrogen and oxygen atoms in total. The summed E-state index contributed by atoms with van der Waals surface area (Å²) in [5, 5.41) is 17.5. The lowest BCUT2D eigenvalue weighted by Gasteiger charge is -2.08. The Hall–Kier alpha value is -1.13. The fourth-order valence-electron chi connectivity index (χ4n) is 0.859. The summed E-state index contributed by atoms with van der Waals surface area (Å²) in [6.07, 6.45) is 0. The highest BCUT2D eigenvalue weighted by Gasteiger charge is 2.07. The second kappa shape index (κ2) is 3.51. The fourth-order valence-corrected chi connectivity index (χ4v) is 0.859. The highest BCUT2D eigenvalue weighted by Crippen LogP contribution is 2.19. The molecule has 0 amide bonds. The highest BCUT2D eigenvalue weighted by atomic mass is 19.1. The second-order valence-electron chi connectivity index (χ2n) is 2.50. The van der Waals surface area contributed by atoms with Crippen molar-refractivity contribution in [3.8, 4) is 5.75 Å². The van der Waals surface area contributed by atoms with Crippen molar-refractivity contribution in [2.45, 2.75) is 6.04 Å². The molecule has 1 aromatic rings. The molecule has 0 saturated heterocycles. The number of rotatable bonds is 2. The Labute approximate surface area is 69.3 Å². The molecule has 0 aliphatic heterocycles. The average Bonchev–Trinajstić information content (AvgIpc) is 2.08. The number of nitrogens with two attached hydrogens (primary N) is 1. The first-order valence-corrected chi connectivity index (χ1v) is 3.50. The summed E-state index contributed by atoms with van der Waals surface area (Å²) in [6, 6.07) is 3.19. The first kappa shape index (κ1) is 8.96. The molecule has 0 aliphatic carbocycles. The van der Waals surface area contributed by atoms with Gasteiger partial charge in [0.2, 0.25) is 0 Å². The lowest BCUT2D eigenvalue weighted by atomic mass is 10.1. The van der Waals surface area contributed by atoms with Gasteiger partial charge in [-0.3, -0.25) is 0 Å². The Morgan fingerprint density at radius 2 is 2.17 bits per heavy atom. The van der Waals surface area contributed by atoms with E-state index in [1.807, 2.05) is 0 Å². The van der Waals surface area contributed by atoms with Crippen LogP contribution in [0.2, 0.25) is 0 Å². The molecule has 1 rings (SSSR count). The molecular weight excluding hydrogens is 161 g/mol. The van der Waals surface area contributed by atoms with Crippen molar-refractivity contribution in [3.05, 3.63) is 29.6 Å². The topological polar surface area (TPSA) is 66.5 Å². The number of benzene rings is 1. The van der Waals surface area contributed by atoms with Crippen molar-refractivity contribution in [1.29, 1.82) is 0 Å². The van der Waals surface area contributed by atoms with Crippen molar-refractivity contribution in [3.63, 3.8) is 0 Å². The number of hydrogen-bond acceptors (Lipinski definition) is 3. The van der Waals surface area contributed by atoms with E-state index in [0.29, 0.717) is 5.56 Å². The van der Waals surface area contributed by atoms with Gasteiger partial charge in [-0.1, -0.05) is 6.07 Å². The van der Waals surface area contributed by atoms with E-state index in [0.717, 1.165) is 6.07 Å². The van der Waals surface area contributed by atoms with Crippen LogP contribution in [0.4, 0.5) is 4.39 Å². The van der Waals surface area contributed by atoms with Crippen LogP contribution >= 0.6 is 0 Å². The molecule has 0 bridgehead atoms. The molecule has 1 aromatic carbocycles. The minimum atomic E-state index is -0.726. The predicted molar refractivity (Wildman–Crippen MR) is 42.1 cm³/mol. The van der Waals surface area contributed by atoms with Gasteiger partial charge in [0, 0.05) is 0 Å². The molecule has 1 atom stereocenters. The maximum absolute atomic E-state index is 12.7. The lowest BCUT2D eigenvalue weighted by molar-refractivity contribution is 0.267. The van der Waals surface area contributed by atoms with E-state index in [1.165, 1.54) is 12.1 Å². The molecule has 66 valence electrons. The van der Waals surface area contributed by atoms with Crippen LogP contribution in [-0.2, 0) is 0 Å². The predicted octanol–water partition coefficient (Wildman–Crippen LogP) is 0.523. The molecule has 0 aliphatic rings. The van der Waals surface area contributed by atoms with Crippen LogP contribution in [-0.4, -0.2) is 16.8 Å². The molecule has 0 saturated carbocycles. The van der Waals surface area contributed by atoms with Gasteiger partial charge in [0.25, 0.3) is 0 Å². The smallest absolute Gasteiger partial charge is 0.165 e. The summed E-state index contributed by atoms with van der Waals surface area (Å²) in [5.74, 6) is -1.14. The van der Waals surface area contributed by atoms with Crippen LogP contribution in [0, 0.1) is 5.82 Å². The van der Waals surface area contributed by atoms with Crippen molar-refractivity contribution >= 4 is 0 Å². The summed E-state index contributed by atoms with van der Waals surface area (Å²) >= 11 is 0. The first-order chi connectivity index (χ1) is 5.65. The van der Waals surface area contributed by atoms with Crippen LogP contribution < -0.4 is 5.73 Å². The Morgan fingerprint density at radius 1 is 1.50 bits per heavy atom. The zero-order valence-electron chi connectivity index (χ0n) is 6.37. The second-order valence-corrected chi connectivity index (χ2v) is 2.50. The lowest BCUT2D eigenvalue weighted by Crippen LogP contribution is -2.14. The van der Waals surface area contributed by atoms with E-state index in [9.17, 15) is 4.39 Å². The summed E-state index contributed by atoms with van der Waals surface area (Å²) in [6.45, 7) is -0.246.